The SMILES string of the molecule is CCn1cc(NC(=O)c2cccc([N+](=O)[O-])c2C)ccc1=O. The summed E-state index contributed by atoms with van der Waals surface area (Å²) < 4.78 is 1.45. The molecule has 1 aromatic heterocycles. The Morgan fingerprint density at radius 1 is 1.32 bits per heavy atom. The molecular weight excluding hydrogens is 286 g/mol. The van der Waals surface area contributed by atoms with E-state index in [-0.39, 0.29) is 16.8 Å². The van der Waals surface area contributed by atoms with E-state index >= 15 is 0 Å². The highest BCUT2D eigenvalue weighted by molar-refractivity contribution is 6.05. The van der Waals surface area contributed by atoms with Gasteiger partial charge in [0.2, 0.25) is 0 Å². The Hall–Kier alpha value is -2.96. The average Bonchev–Trinajstić information content (AvgIpc) is 2.49. The highest BCUT2D eigenvalue weighted by Crippen LogP contribution is 2.21. The molecule has 1 amide bonds. The number of benzene rings is 1. The topological polar surface area (TPSA) is 94.2 Å². The number of nitrogens with zero attached hydrogens (tertiary/aromatic N) is 2. The number of aromatic nitrogens is 1. The van der Waals surface area contributed by atoms with Crippen molar-refractivity contribution < 1.29 is 9.72 Å². The van der Waals surface area contributed by atoms with E-state index in [2.05, 4.69) is 5.32 Å². The number of amides is 1. The van der Waals surface area contributed by atoms with Crippen molar-refractivity contribution in [3.8, 4) is 0 Å². The molecular formula is C15H15N3O4. The highest BCUT2D eigenvalue weighted by Gasteiger charge is 2.18. The summed E-state index contributed by atoms with van der Waals surface area (Å²) in [5, 5.41) is 13.6. The summed E-state index contributed by atoms with van der Waals surface area (Å²) in [6, 6.07) is 7.20. The summed E-state index contributed by atoms with van der Waals surface area (Å²) in [6.07, 6.45) is 1.53. The first-order valence-corrected chi connectivity index (χ1v) is 6.70. The van der Waals surface area contributed by atoms with Crippen LogP contribution >= 0.6 is 0 Å². The van der Waals surface area contributed by atoms with Crippen LogP contribution in [-0.2, 0) is 6.54 Å². The zero-order valence-electron chi connectivity index (χ0n) is 12.2. The minimum absolute atomic E-state index is 0.105. The number of carbonyl (C=O) groups excluding carboxylic acids is 1. The zero-order valence-corrected chi connectivity index (χ0v) is 12.2. The lowest BCUT2D eigenvalue weighted by atomic mass is 10.1. The number of anilines is 1. The van der Waals surface area contributed by atoms with Crippen molar-refractivity contribution in [2.45, 2.75) is 20.4 Å². The van der Waals surface area contributed by atoms with Crippen molar-refractivity contribution >= 4 is 17.3 Å². The van der Waals surface area contributed by atoms with E-state index in [0.717, 1.165) is 0 Å². The largest absolute Gasteiger partial charge is 0.321 e. The maximum atomic E-state index is 12.3. The fourth-order valence-corrected chi connectivity index (χ4v) is 2.12. The molecule has 0 saturated heterocycles. The third kappa shape index (κ3) is 3.03. The molecule has 0 radical (unpaired) electrons. The van der Waals surface area contributed by atoms with E-state index in [1.165, 1.54) is 48.0 Å². The van der Waals surface area contributed by atoms with Crippen LogP contribution in [0.4, 0.5) is 11.4 Å². The quantitative estimate of drug-likeness (QED) is 0.692. The lowest BCUT2D eigenvalue weighted by Crippen LogP contribution is -2.20. The molecule has 7 nitrogen and oxygen atoms in total. The molecule has 2 aromatic rings. The van der Waals surface area contributed by atoms with Gasteiger partial charge in [-0.3, -0.25) is 19.7 Å². The molecule has 0 spiro atoms. The second-order valence-corrected chi connectivity index (χ2v) is 4.70. The zero-order chi connectivity index (χ0) is 16.3. The molecule has 1 aromatic carbocycles. The Kier molecular flexibility index (Phi) is 4.36. The Morgan fingerprint density at radius 3 is 2.68 bits per heavy atom. The predicted molar refractivity (Wildman–Crippen MR) is 82.2 cm³/mol. The third-order valence-electron chi connectivity index (χ3n) is 3.33. The van der Waals surface area contributed by atoms with Crippen LogP contribution in [-0.4, -0.2) is 15.4 Å². The van der Waals surface area contributed by atoms with Gasteiger partial charge in [0.05, 0.1) is 10.6 Å². The summed E-state index contributed by atoms with van der Waals surface area (Å²) >= 11 is 0. The molecule has 0 saturated carbocycles. The first kappa shape index (κ1) is 15.4. The van der Waals surface area contributed by atoms with Crippen molar-refractivity contribution in [1.82, 2.24) is 4.57 Å². The van der Waals surface area contributed by atoms with Crippen LogP contribution in [0.3, 0.4) is 0 Å². The molecule has 0 unspecified atom stereocenters. The van der Waals surface area contributed by atoms with Crippen LogP contribution in [0.5, 0.6) is 0 Å². The van der Waals surface area contributed by atoms with Crippen molar-refractivity contribution in [1.29, 1.82) is 0 Å². The fourth-order valence-electron chi connectivity index (χ4n) is 2.12. The molecule has 7 heteroatoms. The standard InChI is InChI=1S/C15H15N3O4/c1-3-17-9-11(7-8-14(17)19)16-15(20)12-5-4-6-13(10(12)2)18(21)22/h4-9H,3H2,1-2H3,(H,16,20). The highest BCUT2D eigenvalue weighted by atomic mass is 16.6. The van der Waals surface area contributed by atoms with Crippen LogP contribution in [0.25, 0.3) is 0 Å². The van der Waals surface area contributed by atoms with Gasteiger partial charge in [-0.25, -0.2) is 0 Å². The predicted octanol–water partition coefficient (Wildman–Crippen LogP) is 2.34. The summed E-state index contributed by atoms with van der Waals surface area (Å²) in [7, 11) is 0. The normalized spacial score (nSPS) is 10.3. The van der Waals surface area contributed by atoms with Gasteiger partial charge in [-0.2, -0.15) is 0 Å². The van der Waals surface area contributed by atoms with Crippen molar-refractivity contribution in [2.75, 3.05) is 5.32 Å². The molecule has 0 aliphatic rings. The average molecular weight is 301 g/mol. The molecule has 0 bridgehead atoms. The monoisotopic (exact) mass is 301 g/mol. The number of pyridine rings is 1. The molecule has 114 valence electrons. The molecule has 1 heterocycles. The van der Waals surface area contributed by atoms with Gasteiger partial charge in [-0.05, 0) is 26.0 Å². The van der Waals surface area contributed by atoms with E-state index in [1.807, 2.05) is 6.92 Å². The minimum atomic E-state index is -0.524. The summed E-state index contributed by atoms with van der Waals surface area (Å²) in [5.41, 5.74) is 0.716. The third-order valence-corrected chi connectivity index (χ3v) is 3.33. The van der Waals surface area contributed by atoms with E-state index in [1.54, 1.807) is 0 Å². The molecule has 22 heavy (non-hydrogen) atoms. The van der Waals surface area contributed by atoms with Crippen molar-refractivity contribution in [3.05, 3.63) is 68.1 Å². The number of nitrogens with one attached hydrogen (secondary N) is 1. The fraction of sp³-hybridized carbons (Fsp3) is 0.200. The summed E-state index contributed by atoms with van der Waals surface area (Å²) in [4.78, 5) is 34.2. The summed E-state index contributed by atoms with van der Waals surface area (Å²) in [5.74, 6) is -0.456. The van der Waals surface area contributed by atoms with Gasteiger partial charge in [-0.1, -0.05) is 6.07 Å². The molecule has 0 fully saturated rings. The first-order valence-electron chi connectivity index (χ1n) is 6.70. The molecule has 0 aliphatic heterocycles. The van der Waals surface area contributed by atoms with E-state index in [4.69, 9.17) is 0 Å². The van der Waals surface area contributed by atoms with Crippen LogP contribution in [0, 0.1) is 17.0 Å². The Labute approximate surface area is 126 Å². The maximum absolute atomic E-state index is 12.3. The Balaban J connectivity index is 2.32. The van der Waals surface area contributed by atoms with Gasteiger partial charge in [-0.15, -0.1) is 0 Å². The number of nitro benzene ring substituents is 1. The second kappa shape index (κ2) is 6.21. The number of carbonyl (C=O) groups is 1. The van der Waals surface area contributed by atoms with Crippen LogP contribution < -0.4 is 10.9 Å². The minimum Gasteiger partial charge on any atom is -0.321 e. The molecule has 2 rings (SSSR count). The van der Waals surface area contributed by atoms with Gasteiger partial charge in [0.15, 0.2) is 0 Å². The Bertz CT molecular complexity index is 796. The van der Waals surface area contributed by atoms with Crippen LogP contribution in [0.15, 0.2) is 41.3 Å². The number of hydrogen-bond donors (Lipinski definition) is 1. The number of rotatable bonds is 4. The first-order chi connectivity index (χ1) is 10.4. The van der Waals surface area contributed by atoms with Gasteiger partial charge < -0.3 is 9.88 Å². The lowest BCUT2D eigenvalue weighted by molar-refractivity contribution is -0.385. The number of nitro groups is 1. The van der Waals surface area contributed by atoms with Crippen molar-refractivity contribution in [3.63, 3.8) is 0 Å². The van der Waals surface area contributed by atoms with Crippen LogP contribution in [0.1, 0.15) is 22.8 Å². The molecule has 1 N–H and O–H groups in total. The smallest absolute Gasteiger partial charge is 0.273 e. The van der Waals surface area contributed by atoms with E-state index in [0.29, 0.717) is 17.8 Å². The maximum Gasteiger partial charge on any atom is 0.273 e. The van der Waals surface area contributed by atoms with Gasteiger partial charge in [0, 0.05) is 36.0 Å². The number of aryl methyl sites for hydroxylation is 1. The summed E-state index contributed by atoms with van der Waals surface area (Å²) in [6.45, 7) is 3.83. The number of hydrogen-bond acceptors (Lipinski definition) is 4. The van der Waals surface area contributed by atoms with E-state index < -0.39 is 10.8 Å². The molecule has 0 aliphatic carbocycles. The Morgan fingerprint density at radius 2 is 2.05 bits per heavy atom. The van der Waals surface area contributed by atoms with Crippen LogP contribution in [0.2, 0.25) is 0 Å². The lowest BCUT2D eigenvalue weighted by Gasteiger charge is -2.09. The van der Waals surface area contributed by atoms with Gasteiger partial charge >= 0.3 is 0 Å². The molecule has 0 atom stereocenters. The second-order valence-electron chi connectivity index (χ2n) is 4.70. The van der Waals surface area contributed by atoms with Gasteiger partial charge in [0.25, 0.3) is 17.2 Å². The van der Waals surface area contributed by atoms with Crippen molar-refractivity contribution in [2.24, 2.45) is 0 Å². The van der Waals surface area contributed by atoms with Gasteiger partial charge in [0.1, 0.15) is 0 Å². The van der Waals surface area contributed by atoms with E-state index in [9.17, 15) is 19.7 Å².